The van der Waals surface area contributed by atoms with Crippen molar-refractivity contribution in [1.29, 1.82) is 0 Å². The number of ether oxygens (including phenoxy) is 1. The second-order valence-electron chi connectivity index (χ2n) is 6.87. The maximum absolute atomic E-state index is 12.6. The first kappa shape index (κ1) is 17.8. The molecule has 1 aromatic rings. The monoisotopic (exact) mass is 385 g/mol. The lowest BCUT2D eigenvalue weighted by Gasteiger charge is -2.13. The van der Waals surface area contributed by atoms with E-state index in [1.165, 1.54) is 12.1 Å². The van der Waals surface area contributed by atoms with Gasteiger partial charge in [0.05, 0.1) is 23.0 Å². The summed E-state index contributed by atoms with van der Waals surface area (Å²) in [6.45, 7) is -0.785. The van der Waals surface area contributed by atoms with Gasteiger partial charge in [-0.05, 0) is 24.3 Å². The molecule has 144 valence electrons. The Morgan fingerprint density at radius 3 is 2.50 bits per heavy atom. The Kier molecular flexibility index (Phi) is 4.17. The van der Waals surface area contributed by atoms with Gasteiger partial charge in [0, 0.05) is 11.6 Å². The zero-order valence-electron chi connectivity index (χ0n) is 14.4. The molecule has 28 heavy (non-hydrogen) atoms. The quantitative estimate of drug-likeness (QED) is 0.255. The number of aliphatic carboxylic acids is 1. The van der Waals surface area contributed by atoms with Crippen molar-refractivity contribution in [2.75, 3.05) is 6.61 Å². The number of nitrogens with zero attached hydrogens (tertiary/aromatic N) is 3. The van der Waals surface area contributed by atoms with Crippen LogP contribution in [-0.4, -0.2) is 45.6 Å². The Morgan fingerprint density at radius 2 is 1.93 bits per heavy atom. The highest BCUT2D eigenvalue weighted by atomic mass is 16.6. The highest BCUT2D eigenvalue weighted by molar-refractivity contribution is 6.07. The number of para-hydroxylation sites is 1. The number of carbonyl (C=O) groups is 3. The van der Waals surface area contributed by atoms with Crippen LogP contribution < -0.4 is 4.74 Å². The normalized spacial score (nSPS) is 27.6. The van der Waals surface area contributed by atoms with E-state index in [1.807, 2.05) is 12.2 Å². The van der Waals surface area contributed by atoms with Gasteiger partial charge in [-0.2, -0.15) is 10.1 Å². The van der Waals surface area contributed by atoms with Crippen LogP contribution in [-0.2, 0) is 14.4 Å². The Morgan fingerprint density at radius 1 is 1.29 bits per heavy atom. The first-order valence-corrected chi connectivity index (χ1v) is 8.60. The van der Waals surface area contributed by atoms with E-state index in [4.69, 9.17) is 9.84 Å². The fourth-order valence-electron chi connectivity index (χ4n) is 4.20. The fraction of sp³-hybridized carbons (Fsp3) is 0.333. The highest BCUT2D eigenvalue weighted by Crippen LogP contribution is 2.52. The van der Waals surface area contributed by atoms with E-state index in [-0.39, 0.29) is 35.0 Å². The molecule has 1 heterocycles. The lowest BCUT2D eigenvalue weighted by atomic mass is 9.85. The lowest BCUT2D eigenvalue weighted by Crippen LogP contribution is -2.28. The van der Waals surface area contributed by atoms with E-state index in [2.05, 4.69) is 5.10 Å². The van der Waals surface area contributed by atoms with Crippen LogP contribution in [0.4, 0.5) is 5.69 Å². The summed E-state index contributed by atoms with van der Waals surface area (Å²) in [6, 6.07) is 3.96. The topological polar surface area (TPSA) is 139 Å². The van der Waals surface area contributed by atoms with Crippen LogP contribution in [0.2, 0.25) is 0 Å². The first-order valence-electron chi connectivity index (χ1n) is 8.60. The number of nitro groups is 1. The molecule has 3 aliphatic rings. The minimum Gasteiger partial charge on any atom is -0.479 e. The molecule has 1 aromatic carbocycles. The van der Waals surface area contributed by atoms with Crippen molar-refractivity contribution >= 4 is 29.7 Å². The molecular weight excluding hydrogens is 370 g/mol. The third-order valence-corrected chi connectivity index (χ3v) is 5.32. The number of carboxylic acid groups (broad SMARTS) is 1. The third-order valence-electron chi connectivity index (χ3n) is 5.32. The predicted molar refractivity (Wildman–Crippen MR) is 93.4 cm³/mol. The number of allylic oxidation sites excluding steroid dienone is 2. The molecule has 2 fully saturated rings. The Bertz CT molecular complexity index is 924. The Hall–Kier alpha value is -3.56. The van der Waals surface area contributed by atoms with Crippen molar-refractivity contribution in [2.24, 2.45) is 28.8 Å². The molecule has 4 atom stereocenters. The number of benzene rings is 1. The number of nitro benzene ring substituents is 1. The van der Waals surface area contributed by atoms with Crippen molar-refractivity contribution in [3.8, 4) is 5.75 Å². The van der Waals surface area contributed by atoms with E-state index in [0.717, 1.165) is 23.7 Å². The highest BCUT2D eigenvalue weighted by Gasteiger charge is 2.59. The van der Waals surface area contributed by atoms with Crippen LogP contribution in [0.15, 0.2) is 35.5 Å². The minimum atomic E-state index is -1.30. The molecule has 0 radical (unpaired) electrons. The molecule has 1 saturated carbocycles. The van der Waals surface area contributed by atoms with Gasteiger partial charge in [-0.25, -0.2) is 4.79 Å². The summed E-state index contributed by atoms with van der Waals surface area (Å²) in [5, 5.41) is 24.7. The zero-order valence-corrected chi connectivity index (χ0v) is 14.4. The molecule has 0 spiro atoms. The van der Waals surface area contributed by atoms with Gasteiger partial charge in [-0.1, -0.05) is 18.2 Å². The molecule has 2 amide bonds. The van der Waals surface area contributed by atoms with Gasteiger partial charge in [0.1, 0.15) is 0 Å². The van der Waals surface area contributed by atoms with Crippen LogP contribution in [0.25, 0.3) is 0 Å². The summed E-state index contributed by atoms with van der Waals surface area (Å²) < 4.78 is 5.05. The summed E-state index contributed by atoms with van der Waals surface area (Å²) in [6.07, 6.45) is 5.82. The van der Waals surface area contributed by atoms with Crippen molar-refractivity contribution < 1.29 is 29.2 Å². The van der Waals surface area contributed by atoms with Crippen LogP contribution in [0, 0.1) is 33.8 Å². The van der Waals surface area contributed by atoms with E-state index in [1.54, 1.807) is 0 Å². The number of carboxylic acids is 1. The second kappa shape index (κ2) is 6.55. The maximum atomic E-state index is 12.6. The average Bonchev–Trinajstić information content (AvgIpc) is 3.33. The number of hydrogen-bond donors (Lipinski definition) is 1. The minimum absolute atomic E-state index is 0.0407. The molecule has 2 bridgehead atoms. The molecular formula is C18H15N3O7. The molecule has 1 saturated heterocycles. The summed E-state index contributed by atoms with van der Waals surface area (Å²) in [4.78, 5) is 46.5. The van der Waals surface area contributed by atoms with Gasteiger partial charge < -0.3 is 9.84 Å². The number of fused-ring (bicyclic) bond motifs is 5. The number of hydrogen-bond acceptors (Lipinski definition) is 7. The summed E-state index contributed by atoms with van der Waals surface area (Å²) in [5.41, 5.74) is -0.349. The first-order chi connectivity index (χ1) is 13.4. The number of rotatable bonds is 6. The number of hydrazone groups is 1. The number of imide groups is 1. The predicted octanol–water partition coefficient (Wildman–Crippen LogP) is 1.20. The summed E-state index contributed by atoms with van der Waals surface area (Å²) in [5.74, 6) is -3.11. The molecule has 10 nitrogen and oxygen atoms in total. The van der Waals surface area contributed by atoms with Crippen LogP contribution in [0.3, 0.4) is 0 Å². The molecule has 0 aromatic heterocycles. The summed E-state index contributed by atoms with van der Waals surface area (Å²) in [7, 11) is 0. The van der Waals surface area contributed by atoms with Gasteiger partial charge in [0.15, 0.2) is 6.61 Å². The summed E-state index contributed by atoms with van der Waals surface area (Å²) >= 11 is 0. The number of carbonyl (C=O) groups excluding carboxylic acids is 2. The second-order valence-corrected chi connectivity index (χ2v) is 6.87. The molecule has 1 aliphatic heterocycles. The maximum Gasteiger partial charge on any atom is 0.341 e. The Labute approximate surface area is 158 Å². The van der Waals surface area contributed by atoms with E-state index in [9.17, 15) is 24.5 Å². The third kappa shape index (κ3) is 2.73. The standard InChI is InChI=1S/C18H15N3O7/c22-13(23)8-28-16-11(2-1-3-12(16)21(26)27)7-19-20-17(24)14-9-4-5-10(6-9)15(14)18(20)25/h1-5,7,9-10,14-15H,6,8H2,(H,22,23)/t9-,10-,14-,15+/m0/s1. The van der Waals surface area contributed by atoms with Crippen LogP contribution >= 0.6 is 0 Å². The SMILES string of the molecule is O=C(O)COc1c(C=NN2C(=O)[C@@H]3[C@H](C2=O)[C@H]2C=C[C@H]3C2)cccc1[N+](=O)[O-]. The van der Waals surface area contributed by atoms with Gasteiger partial charge in [0.2, 0.25) is 5.75 Å². The van der Waals surface area contributed by atoms with Crippen molar-refractivity contribution in [3.05, 3.63) is 46.0 Å². The number of amides is 2. The van der Waals surface area contributed by atoms with Crippen molar-refractivity contribution in [2.45, 2.75) is 6.42 Å². The fourth-order valence-corrected chi connectivity index (χ4v) is 4.20. The molecule has 10 heteroatoms. The van der Waals surface area contributed by atoms with E-state index < -0.39 is 35.0 Å². The largest absolute Gasteiger partial charge is 0.479 e. The van der Waals surface area contributed by atoms with Gasteiger partial charge in [-0.3, -0.25) is 19.7 Å². The van der Waals surface area contributed by atoms with E-state index >= 15 is 0 Å². The zero-order chi connectivity index (χ0) is 20.0. The average molecular weight is 385 g/mol. The smallest absolute Gasteiger partial charge is 0.341 e. The van der Waals surface area contributed by atoms with Gasteiger partial charge in [-0.15, -0.1) is 0 Å². The van der Waals surface area contributed by atoms with E-state index in [0.29, 0.717) is 0 Å². The molecule has 1 N–H and O–H groups in total. The van der Waals surface area contributed by atoms with Crippen LogP contribution in [0.5, 0.6) is 5.75 Å². The van der Waals surface area contributed by atoms with Crippen molar-refractivity contribution in [3.63, 3.8) is 0 Å². The van der Waals surface area contributed by atoms with Crippen molar-refractivity contribution in [1.82, 2.24) is 5.01 Å². The molecule has 4 rings (SSSR count). The molecule has 0 unspecified atom stereocenters. The van der Waals surface area contributed by atoms with Crippen LogP contribution in [0.1, 0.15) is 12.0 Å². The molecule has 2 aliphatic carbocycles. The van der Waals surface area contributed by atoms with Gasteiger partial charge in [0.25, 0.3) is 11.8 Å². The van der Waals surface area contributed by atoms with Gasteiger partial charge >= 0.3 is 11.7 Å². The Balaban J connectivity index is 1.62. The lowest BCUT2D eigenvalue weighted by molar-refractivity contribution is -0.385.